The van der Waals surface area contributed by atoms with Gasteiger partial charge >= 0.3 is 22.1 Å². The normalized spacial score (nSPS) is 15.8. The van der Waals surface area contributed by atoms with Gasteiger partial charge in [-0.15, -0.1) is 0 Å². The molecule has 10 heteroatoms. The number of rotatable bonds is 6. The zero-order valence-electron chi connectivity index (χ0n) is 14.5. The number of hydrogen-bond acceptors (Lipinski definition) is 6. The first-order chi connectivity index (χ1) is 13.2. The van der Waals surface area contributed by atoms with Crippen molar-refractivity contribution in [3.05, 3.63) is 70.8 Å². The Morgan fingerprint density at radius 2 is 1.79 bits per heavy atom. The Morgan fingerprint density at radius 3 is 2.39 bits per heavy atom. The van der Waals surface area contributed by atoms with E-state index in [-0.39, 0.29) is 30.8 Å². The number of nitrogens with zero attached hydrogens (tertiary/aromatic N) is 1. The van der Waals surface area contributed by atoms with Crippen molar-refractivity contribution in [1.82, 2.24) is 9.03 Å². The predicted molar refractivity (Wildman–Crippen MR) is 96.4 cm³/mol. The number of carboxylic acids is 1. The molecule has 1 aliphatic heterocycles. The third-order valence-electron chi connectivity index (χ3n) is 4.00. The molecule has 28 heavy (non-hydrogen) atoms. The summed E-state index contributed by atoms with van der Waals surface area (Å²) in [6, 6.07) is 12.2. The van der Waals surface area contributed by atoms with Crippen molar-refractivity contribution in [2.45, 2.75) is 13.2 Å². The van der Waals surface area contributed by atoms with Crippen molar-refractivity contribution in [3.8, 4) is 0 Å². The molecule has 2 aromatic rings. The molecule has 2 aromatic carbocycles. The van der Waals surface area contributed by atoms with E-state index in [0.717, 1.165) is 4.31 Å². The Kier molecular flexibility index (Phi) is 5.43. The van der Waals surface area contributed by atoms with Gasteiger partial charge in [-0.25, -0.2) is 14.3 Å². The van der Waals surface area contributed by atoms with Gasteiger partial charge in [0.1, 0.15) is 6.61 Å². The largest absolute Gasteiger partial charge is 0.478 e. The molecule has 2 N–H and O–H groups in total. The molecule has 0 spiro atoms. The fourth-order valence-corrected chi connectivity index (χ4v) is 3.69. The van der Waals surface area contributed by atoms with Crippen molar-refractivity contribution in [2.24, 2.45) is 0 Å². The molecule has 1 aliphatic rings. The summed E-state index contributed by atoms with van der Waals surface area (Å²) in [5.74, 6) is -2.26. The molecule has 0 radical (unpaired) electrons. The first kappa shape index (κ1) is 19.5. The van der Waals surface area contributed by atoms with E-state index < -0.39 is 28.1 Å². The quantitative estimate of drug-likeness (QED) is 0.685. The van der Waals surface area contributed by atoms with E-state index in [4.69, 9.17) is 9.84 Å². The molecule has 1 fully saturated rings. The second-order valence-corrected chi connectivity index (χ2v) is 7.75. The number of ether oxygens (including phenoxy) is 1. The minimum atomic E-state index is -3.81. The van der Waals surface area contributed by atoms with E-state index in [9.17, 15) is 22.8 Å². The van der Waals surface area contributed by atoms with E-state index in [1.54, 1.807) is 24.3 Å². The molecule has 0 bridgehead atoms. The van der Waals surface area contributed by atoms with Crippen molar-refractivity contribution in [2.75, 3.05) is 6.54 Å². The summed E-state index contributed by atoms with van der Waals surface area (Å²) in [6.07, 6.45) is 0. The van der Waals surface area contributed by atoms with E-state index in [2.05, 4.69) is 0 Å². The van der Waals surface area contributed by atoms with Gasteiger partial charge in [-0.3, -0.25) is 4.79 Å². The van der Waals surface area contributed by atoms with Gasteiger partial charge < -0.3 is 9.84 Å². The molecule has 0 aliphatic carbocycles. The van der Waals surface area contributed by atoms with Crippen LogP contribution in [0.4, 0.5) is 0 Å². The second kappa shape index (κ2) is 7.79. The Bertz CT molecular complexity index is 1030. The fourth-order valence-electron chi connectivity index (χ4n) is 2.60. The van der Waals surface area contributed by atoms with Gasteiger partial charge in [-0.1, -0.05) is 24.3 Å². The van der Waals surface area contributed by atoms with Gasteiger partial charge in [-0.2, -0.15) is 12.7 Å². The summed E-state index contributed by atoms with van der Waals surface area (Å²) in [5.41, 5.74) is 1.51. The van der Waals surface area contributed by atoms with Crippen LogP contribution in [0.1, 0.15) is 31.8 Å². The number of esters is 1. The zero-order valence-corrected chi connectivity index (χ0v) is 15.3. The van der Waals surface area contributed by atoms with Crippen LogP contribution >= 0.6 is 0 Å². The maximum atomic E-state index is 12.1. The number of carbonyl (C=O) groups excluding carboxylic acids is 2. The summed E-state index contributed by atoms with van der Waals surface area (Å²) >= 11 is 0. The van der Waals surface area contributed by atoms with Crippen LogP contribution in [-0.4, -0.2) is 42.2 Å². The lowest BCUT2D eigenvalue weighted by Crippen LogP contribution is -2.29. The molecule has 0 aromatic heterocycles. The molecule has 0 atom stereocenters. The number of hydrogen-bond donors (Lipinski definition) is 2. The SMILES string of the molecule is O=C1CN(Cc2ccc(C(=O)OCc3cccc(C(=O)O)c3)cc2)S(=O)(=O)N1. The molecule has 3 rings (SSSR count). The summed E-state index contributed by atoms with van der Waals surface area (Å²) in [7, 11) is -3.81. The molecular formula is C18H16N2O7S. The minimum Gasteiger partial charge on any atom is -0.478 e. The summed E-state index contributed by atoms with van der Waals surface area (Å²) < 4.78 is 31.5. The molecule has 1 saturated heterocycles. The fraction of sp³-hybridized carbons (Fsp3) is 0.167. The Balaban J connectivity index is 1.60. The number of carboxylic acid groups (broad SMARTS) is 1. The number of aromatic carboxylic acids is 1. The average molecular weight is 404 g/mol. The Labute approximate surface area is 160 Å². The average Bonchev–Trinajstić information content (AvgIpc) is 2.91. The van der Waals surface area contributed by atoms with E-state index >= 15 is 0 Å². The van der Waals surface area contributed by atoms with Crippen LogP contribution in [0, 0.1) is 0 Å². The lowest BCUT2D eigenvalue weighted by atomic mass is 10.1. The van der Waals surface area contributed by atoms with E-state index in [1.807, 2.05) is 4.72 Å². The number of nitrogens with one attached hydrogen (secondary N) is 1. The summed E-state index contributed by atoms with van der Waals surface area (Å²) in [5, 5.41) is 8.97. The first-order valence-corrected chi connectivity index (χ1v) is 9.57. The number of carbonyl (C=O) groups is 3. The van der Waals surface area contributed by atoms with Crippen molar-refractivity contribution in [3.63, 3.8) is 0 Å². The third-order valence-corrected chi connectivity index (χ3v) is 5.42. The van der Waals surface area contributed by atoms with Crippen LogP contribution in [0.15, 0.2) is 48.5 Å². The van der Waals surface area contributed by atoms with E-state index in [1.165, 1.54) is 24.3 Å². The third kappa shape index (κ3) is 4.53. The molecular weight excluding hydrogens is 388 g/mol. The van der Waals surface area contributed by atoms with Crippen molar-refractivity contribution >= 4 is 28.1 Å². The highest BCUT2D eigenvalue weighted by molar-refractivity contribution is 7.88. The molecule has 0 unspecified atom stereocenters. The van der Waals surface area contributed by atoms with E-state index in [0.29, 0.717) is 11.1 Å². The van der Waals surface area contributed by atoms with Crippen LogP contribution in [0.2, 0.25) is 0 Å². The molecule has 1 heterocycles. The molecule has 9 nitrogen and oxygen atoms in total. The lowest BCUT2D eigenvalue weighted by Gasteiger charge is -2.12. The topological polar surface area (TPSA) is 130 Å². The molecule has 0 saturated carbocycles. The van der Waals surface area contributed by atoms with Crippen LogP contribution in [-0.2, 0) is 32.9 Å². The van der Waals surface area contributed by atoms with Gasteiger partial charge in [0.15, 0.2) is 0 Å². The van der Waals surface area contributed by atoms with Gasteiger partial charge in [0.05, 0.1) is 17.7 Å². The summed E-state index contributed by atoms with van der Waals surface area (Å²) in [6.45, 7) is -0.332. The summed E-state index contributed by atoms with van der Waals surface area (Å²) in [4.78, 5) is 34.3. The predicted octanol–water partition coefficient (Wildman–Crippen LogP) is 0.918. The van der Waals surface area contributed by atoms with Crippen LogP contribution in [0.5, 0.6) is 0 Å². The monoisotopic (exact) mass is 404 g/mol. The number of benzene rings is 2. The minimum absolute atomic E-state index is 0.00161. The number of amides is 1. The highest BCUT2D eigenvalue weighted by Crippen LogP contribution is 2.14. The Morgan fingerprint density at radius 1 is 1.07 bits per heavy atom. The van der Waals surface area contributed by atoms with Gasteiger partial charge in [0.25, 0.3) is 0 Å². The molecule has 1 amide bonds. The smallest absolute Gasteiger partial charge is 0.338 e. The first-order valence-electron chi connectivity index (χ1n) is 8.13. The van der Waals surface area contributed by atoms with Crippen molar-refractivity contribution in [1.29, 1.82) is 0 Å². The zero-order chi connectivity index (χ0) is 20.3. The highest BCUT2D eigenvalue weighted by Gasteiger charge is 2.33. The van der Waals surface area contributed by atoms with Crippen LogP contribution < -0.4 is 4.72 Å². The lowest BCUT2D eigenvalue weighted by molar-refractivity contribution is -0.118. The maximum Gasteiger partial charge on any atom is 0.338 e. The highest BCUT2D eigenvalue weighted by atomic mass is 32.2. The second-order valence-electron chi connectivity index (χ2n) is 6.08. The van der Waals surface area contributed by atoms with Gasteiger partial charge in [0, 0.05) is 6.54 Å². The van der Waals surface area contributed by atoms with Gasteiger partial charge in [-0.05, 0) is 35.4 Å². The standard InChI is InChI=1S/C18H16N2O7S/c21-16-10-20(28(25,26)19-16)9-12-4-6-14(7-5-12)18(24)27-11-13-2-1-3-15(8-13)17(22)23/h1-8H,9-11H2,(H,19,21)(H,22,23). The van der Waals surface area contributed by atoms with Crippen molar-refractivity contribution < 1.29 is 32.6 Å². The van der Waals surface area contributed by atoms with Gasteiger partial charge in [0.2, 0.25) is 5.91 Å². The Hall–Kier alpha value is -3.24. The maximum absolute atomic E-state index is 12.1. The van der Waals surface area contributed by atoms with Crippen LogP contribution in [0.3, 0.4) is 0 Å². The van der Waals surface area contributed by atoms with Crippen LogP contribution in [0.25, 0.3) is 0 Å². The molecule has 146 valence electrons.